The van der Waals surface area contributed by atoms with Crippen molar-refractivity contribution in [1.29, 1.82) is 0 Å². The summed E-state index contributed by atoms with van der Waals surface area (Å²) in [6.07, 6.45) is 19.0. The molecule has 0 aromatic rings. The van der Waals surface area contributed by atoms with E-state index in [0.717, 1.165) is 5.92 Å². The summed E-state index contributed by atoms with van der Waals surface area (Å²) in [4.78, 5) is 2.39. The summed E-state index contributed by atoms with van der Waals surface area (Å²) in [6, 6.07) is 0. The van der Waals surface area contributed by atoms with Crippen LogP contribution in [0.15, 0.2) is 0 Å². The smallest absolute Gasteiger partial charge is 0.00218 e. The van der Waals surface area contributed by atoms with Crippen molar-refractivity contribution >= 4 is 0 Å². The predicted octanol–water partition coefficient (Wildman–Crippen LogP) is 6.67. The van der Waals surface area contributed by atoms with Gasteiger partial charge < -0.3 is 4.90 Å². The molecule has 3 aliphatic rings. The topological polar surface area (TPSA) is 3.24 Å². The van der Waals surface area contributed by atoms with E-state index in [-0.39, 0.29) is 0 Å². The molecule has 1 saturated heterocycles. The van der Waals surface area contributed by atoms with Crippen molar-refractivity contribution in [2.75, 3.05) is 20.1 Å². The largest absolute Gasteiger partial charge is 0.306 e. The fourth-order valence-corrected chi connectivity index (χ4v) is 3.87. The lowest BCUT2D eigenvalue weighted by atomic mass is 9.78. The number of piperidine rings is 1. The lowest BCUT2D eigenvalue weighted by Crippen LogP contribution is -2.24. The van der Waals surface area contributed by atoms with Crippen molar-refractivity contribution in [2.45, 2.75) is 104 Å². The highest BCUT2D eigenvalue weighted by Crippen LogP contribution is 2.34. The van der Waals surface area contributed by atoms with Crippen LogP contribution in [0.3, 0.4) is 0 Å². The van der Waals surface area contributed by atoms with E-state index in [9.17, 15) is 0 Å². The molecule has 0 bridgehead atoms. The van der Waals surface area contributed by atoms with Crippen molar-refractivity contribution in [3.8, 4) is 0 Å². The van der Waals surface area contributed by atoms with Gasteiger partial charge in [-0.3, -0.25) is 0 Å². The maximum atomic E-state index is 2.39. The third kappa shape index (κ3) is 10.6. The van der Waals surface area contributed by atoms with Gasteiger partial charge in [-0.25, -0.2) is 0 Å². The van der Waals surface area contributed by atoms with Gasteiger partial charge in [-0.1, -0.05) is 78.6 Å². The Bertz CT molecular complexity index is 223. The monoisotopic (exact) mass is 309 g/mol. The molecule has 2 saturated carbocycles. The number of hydrogen-bond acceptors (Lipinski definition) is 1. The molecule has 2 aliphatic carbocycles. The zero-order valence-electron chi connectivity index (χ0n) is 16.1. The zero-order valence-corrected chi connectivity index (χ0v) is 16.1. The SMILES string of the molecule is CC1(C)CCCCC1.CC1CCCCC1.CN1CCCCC1. The van der Waals surface area contributed by atoms with E-state index in [0.29, 0.717) is 5.41 Å². The zero-order chi connectivity index (χ0) is 16.3. The molecule has 132 valence electrons. The molecule has 0 unspecified atom stereocenters. The average Bonchev–Trinajstić information content (AvgIpc) is 2.50. The van der Waals surface area contributed by atoms with Gasteiger partial charge in [0, 0.05) is 0 Å². The molecule has 0 aromatic heterocycles. The van der Waals surface area contributed by atoms with E-state index in [1.165, 1.54) is 96.6 Å². The predicted molar refractivity (Wildman–Crippen MR) is 100 cm³/mol. The van der Waals surface area contributed by atoms with Crippen LogP contribution < -0.4 is 0 Å². The minimum absolute atomic E-state index is 0.679. The first-order valence-corrected chi connectivity index (χ1v) is 10.2. The fourth-order valence-electron chi connectivity index (χ4n) is 3.87. The first-order chi connectivity index (χ1) is 10.5. The van der Waals surface area contributed by atoms with Crippen LogP contribution in [0.25, 0.3) is 0 Å². The molecule has 1 aliphatic heterocycles. The maximum Gasteiger partial charge on any atom is -0.00218 e. The van der Waals surface area contributed by atoms with Crippen molar-refractivity contribution in [3.05, 3.63) is 0 Å². The van der Waals surface area contributed by atoms with Crippen molar-refractivity contribution in [1.82, 2.24) is 4.90 Å². The Kier molecular flexibility index (Phi) is 10.4. The Morgan fingerprint density at radius 2 is 1.14 bits per heavy atom. The van der Waals surface area contributed by atoms with E-state index in [4.69, 9.17) is 0 Å². The van der Waals surface area contributed by atoms with Crippen molar-refractivity contribution in [2.24, 2.45) is 11.3 Å². The molecule has 1 heteroatoms. The molecule has 1 heterocycles. The van der Waals surface area contributed by atoms with Crippen LogP contribution in [0.4, 0.5) is 0 Å². The van der Waals surface area contributed by atoms with Crippen LogP contribution in [0.1, 0.15) is 104 Å². The van der Waals surface area contributed by atoms with Gasteiger partial charge in [0.2, 0.25) is 0 Å². The van der Waals surface area contributed by atoms with Crippen molar-refractivity contribution < 1.29 is 0 Å². The summed E-state index contributed by atoms with van der Waals surface area (Å²) < 4.78 is 0. The second-order valence-corrected chi connectivity index (χ2v) is 8.83. The van der Waals surface area contributed by atoms with E-state index < -0.39 is 0 Å². The molecule has 0 amide bonds. The maximum absolute atomic E-state index is 2.39. The van der Waals surface area contributed by atoms with E-state index in [1.54, 1.807) is 0 Å². The normalized spacial score (nSPS) is 26.2. The van der Waals surface area contributed by atoms with Gasteiger partial charge in [0.15, 0.2) is 0 Å². The van der Waals surface area contributed by atoms with Crippen LogP contribution in [0.2, 0.25) is 0 Å². The van der Waals surface area contributed by atoms with Crippen LogP contribution in [-0.2, 0) is 0 Å². The van der Waals surface area contributed by atoms with Gasteiger partial charge >= 0.3 is 0 Å². The highest BCUT2D eigenvalue weighted by atomic mass is 15.1. The summed E-state index contributed by atoms with van der Waals surface area (Å²) in [7, 11) is 2.19. The molecular formula is C21H43N. The standard InChI is InChI=1S/C8H16.C7H14.C6H13N/c1-8(2)6-4-3-5-7-8;2*1-7-5-3-2-4-6-7/h3-7H2,1-2H3;7H,2-6H2,1H3;2-6H2,1H3. The molecule has 0 N–H and O–H groups in total. The van der Waals surface area contributed by atoms with Gasteiger partial charge in [-0.05, 0) is 57.2 Å². The first-order valence-electron chi connectivity index (χ1n) is 10.2. The van der Waals surface area contributed by atoms with Gasteiger partial charge in [0.05, 0.1) is 0 Å². The highest BCUT2D eigenvalue weighted by molar-refractivity contribution is 4.72. The highest BCUT2D eigenvalue weighted by Gasteiger charge is 2.19. The van der Waals surface area contributed by atoms with E-state index in [1.807, 2.05) is 0 Å². The lowest BCUT2D eigenvalue weighted by Gasteiger charge is -2.28. The quantitative estimate of drug-likeness (QED) is 0.483. The van der Waals surface area contributed by atoms with Crippen LogP contribution in [0.5, 0.6) is 0 Å². The van der Waals surface area contributed by atoms with Gasteiger partial charge in [-0.2, -0.15) is 0 Å². The fraction of sp³-hybridized carbons (Fsp3) is 1.00. The Morgan fingerprint density at radius 3 is 1.41 bits per heavy atom. The molecule has 3 rings (SSSR count). The average molecular weight is 310 g/mol. The molecule has 0 spiro atoms. The Morgan fingerprint density at radius 1 is 0.682 bits per heavy atom. The molecular weight excluding hydrogens is 266 g/mol. The van der Waals surface area contributed by atoms with Crippen molar-refractivity contribution in [3.63, 3.8) is 0 Å². The molecule has 22 heavy (non-hydrogen) atoms. The molecule has 0 aromatic carbocycles. The van der Waals surface area contributed by atoms with Crippen LogP contribution >= 0.6 is 0 Å². The van der Waals surface area contributed by atoms with Gasteiger partial charge in [0.1, 0.15) is 0 Å². The number of rotatable bonds is 0. The van der Waals surface area contributed by atoms with Gasteiger partial charge in [0.25, 0.3) is 0 Å². The first kappa shape index (κ1) is 20.0. The third-order valence-corrected chi connectivity index (χ3v) is 5.68. The molecule has 1 nitrogen and oxygen atoms in total. The second kappa shape index (κ2) is 11.5. The van der Waals surface area contributed by atoms with Crippen LogP contribution in [-0.4, -0.2) is 25.0 Å². The van der Waals surface area contributed by atoms with Gasteiger partial charge in [-0.15, -0.1) is 0 Å². The number of nitrogens with zero attached hydrogens (tertiary/aromatic N) is 1. The lowest BCUT2D eigenvalue weighted by molar-refractivity contribution is 0.244. The molecule has 3 fully saturated rings. The molecule has 0 atom stereocenters. The van der Waals surface area contributed by atoms with Crippen LogP contribution in [0, 0.1) is 11.3 Å². The minimum atomic E-state index is 0.679. The Balaban J connectivity index is 0.000000166. The summed E-state index contributed by atoms with van der Waals surface area (Å²) in [6.45, 7) is 9.76. The summed E-state index contributed by atoms with van der Waals surface area (Å²) in [5.74, 6) is 1.04. The third-order valence-electron chi connectivity index (χ3n) is 5.68. The summed E-state index contributed by atoms with van der Waals surface area (Å²) >= 11 is 0. The molecule has 0 radical (unpaired) electrons. The second-order valence-electron chi connectivity index (χ2n) is 8.83. The summed E-state index contributed by atoms with van der Waals surface area (Å²) in [5, 5.41) is 0. The summed E-state index contributed by atoms with van der Waals surface area (Å²) in [5.41, 5.74) is 0.679. The van der Waals surface area contributed by atoms with E-state index in [2.05, 4.69) is 32.7 Å². The number of hydrogen-bond donors (Lipinski definition) is 0. The Hall–Kier alpha value is -0.0400. The number of likely N-dealkylation sites (tertiary alicyclic amines) is 1. The van der Waals surface area contributed by atoms with E-state index >= 15 is 0 Å². The minimum Gasteiger partial charge on any atom is -0.306 e. The Labute approximate surface area is 141 Å².